The smallest absolute Gasteiger partial charge is 0.125 e. The fraction of sp³-hybridized carbons (Fsp3) is 0.238. The zero-order valence-electron chi connectivity index (χ0n) is 14.8. The summed E-state index contributed by atoms with van der Waals surface area (Å²) in [5.41, 5.74) is 7.22. The number of benzene rings is 3. The number of hydrogen-bond acceptors (Lipinski definition) is 3. The Kier molecular flexibility index (Phi) is 4.10. The standard InChI is InChI=1S/C21H22N2O/c1-12-6-17-7-13(2)9-20(24)21(17)19(8-12)23-22-18-11-15(4)14(3)10-16(18)5/h6-11,24H,1-5H3. The Morgan fingerprint density at radius 3 is 1.92 bits per heavy atom. The van der Waals surface area contributed by atoms with Gasteiger partial charge in [-0.05, 0) is 86.0 Å². The molecule has 3 aromatic carbocycles. The highest BCUT2D eigenvalue weighted by Gasteiger charge is 2.09. The van der Waals surface area contributed by atoms with Gasteiger partial charge >= 0.3 is 0 Å². The summed E-state index contributed by atoms with van der Waals surface area (Å²) in [7, 11) is 0. The van der Waals surface area contributed by atoms with Crippen LogP contribution in [0.4, 0.5) is 11.4 Å². The van der Waals surface area contributed by atoms with Gasteiger partial charge in [-0.15, -0.1) is 5.11 Å². The molecule has 3 nitrogen and oxygen atoms in total. The quantitative estimate of drug-likeness (QED) is 0.538. The maximum Gasteiger partial charge on any atom is 0.125 e. The van der Waals surface area contributed by atoms with E-state index in [4.69, 9.17) is 0 Å². The molecule has 0 aliphatic carbocycles. The molecule has 3 rings (SSSR count). The summed E-state index contributed by atoms with van der Waals surface area (Å²) in [6.07, 6.45) is 0. The van der Waals surface area contributed by atoms with Crippen molar-refractivity contribution in [3.05, 3.63) is 64.2 Å². The van der Waals surface area contributed by atoms with Gasteiger partial charge in [0.2, 0.25) is 0 Å². The van der Waals surface area contributed by atoms with Crippen molar-refractivity contribution in [2.45, 2.75) is 34.6 Å². The van der Waals surface area contributed by atoms with Crippen molar-refractivity contribution < 1.29 is 5.11 Å². The Balaban J connectivity index is 2.15. The molecule has 0 saturated heterocycles. The minimum Gasteiger partial charge on any atom is -0.507 e. The second-order valence-corrected chi connectivity index (χ2v) is 6.59. The normalized spacial score (nSPS) is 11.5. The number of aryl methyl sites for hydroxylation is 5. The molecule has 0 amide bonds. The Bertz CT molecular complexity index is 966. The highest BCUT2D eigenvalue weighted by Crippen LogP contribution is 2.37. The third-order valence-corrected chi connectivity index (χ3v) is 4.37. The second-order valence-electron chi connectivity index (χ2n) is 6.59. The van der Waals surface area contributed by atoms with Crippen LogP contribution in [0.1, 0.15) is 27.8 Å². The topological polar surface area (TPSA) is 45.0 Å². The second kappa shape index (κ2) is 6.08. The van der Waals surface area contributed by atoms with Crippen LogP contribution in [0.2, 0.25) is 0 Å². The SMILES string of the molecule is Cc1cc(O)c2c(N=Nc3cc(C)c(C)cc3C)cc(C)cc2c1. The molecular formula is C21H22N2O. The van der Waals surface area contributed by atoms with Crippen LogP contribution >= 0.6 is 0 Å². The summed E-state index contributed by atoms with van der Waals surface area (Å²) in [5, 5.41) is 21.0. The summed E-state index contributed by atoms with van der Waals surface area (Å²) in [6, 6.07) is 12.0. The summed E-state index contributed by atoms with van der Waals surface area (Å²) in [6.45, 7) is 10.2. The molecule has 0 aliphatic rings. The fourth-order valence-electron chi connectivity index (χ4n) is 3.00. The maximum atomic E-state index is 10.4. The summed E-state index contributed by atoms with van der Waals surface area (Å²) >= 11 is 0. The third-order valence-electron chi connectivity index (χ3n) is 4.37. The van der Waals surface area contributed by atoms with E-state index in [9.17, 15) is 5.11 Å². The van der Waals surface area contributed by atoms with Crippen molar-refractivity contribution in [3.8, 4) is 5.75 Å². The third kappa shape index (κ3) is 3.02. The van der Waals surface area contributed by atoms with Crippen molar-refractivity contribution >= 4 is 22.1 Å². The van der Waals surface area contributed by atoms with Gasteiger partial charge in [0.25, 0.3) is 0 Å². The van der Waals surface area contributed by atoms with Gasteiger partial charge in [0.15, 0.2) is 0 Å². The molecular weight excluding hydrogens is 296 g/mol. The lowest BCUT2D eigenvalue weighted by atomic mass is 10.0. The molecule has 0 bridgehead atoms. The van der Waals surface area contributed by atoms with E-state index < -0.39 is 0 Å². The number of azo groups is 1. The molecule has 3 aromatic rings. The van der Waals surface area contributed by atoms with E-state index in [0.29, 0.717) is 5.69 Å². The predicted molar refractivity (Wildman–Crippen MR) is 99.9 cm³/mol. The van der Waals surface area contributed by atoms with Crippen molar-refractivity contribution in [1.29, 1.82) is 0 Å². The largest absolute Gasteiger partial charge is 0.507 e. The summed E-state index contributed by atoms with van der Waals surface area (Å²) < 4.78 is 0. The molecule has 0 aliphatic heterocycles. The van der Waals surface area contributed by atoms with Crippen LogP contribution in [0.15, 0.2) is 46.6 Å². The summed E-state index contributed by atoms with van der Waals surface area (Å²) in [4.78, 5) is 0. The molecule has 3 heteroatoms. The van der Waals surface area contributed by atoms with Crippen LogP contribution in [0.5, 0.6) is 5.75 Å². The summed E-state index contributed by atoms with van der Waals surface area (Å²) in [5.74, 6) is 0.246. The van der Waals surface area contributed by atoms with Crippen LogP contribution < -0.4 is 0 Å². The maximum absolute atomic E-state index is 10.4. The number of rotatable bonds is 2. The number of aromatic hydroxyl groups is 1. The lowest BCUT2D eigenvalue weighted by molar-refractivity contribution is 0.481. The van der Waals surface area contributed by atoms with Gasteiger partial charge in [0.1, 0.15) is 5.75 Å². The minimum atomic E-state index is 0.246. The van der Waals surface area contributed by atoms with E-state index >= 15 is 0 Å². The van der Waals surface area contributed by atoms with E-state index in [0.717, 1.165) is 33.2 Å². The van der Waals surface area contributed by atoms with Crippen molar-refractivity contribution in [3.63, 3.8) is 0 Å². The highest BCUT2D eigenvalue weighted by molar-refractivity contribution is 5.98. The van der Waals surface area contributed by atoms with E-state index in [1.54, 1.807) is 6.07 Å². The molecule has 0 unspecified atom stereocenters. The number of phenolic OH excluding ortho intramolecular Hbond substituents is 1. The van der Waals surface area contributed by atoms with Gasteiger partial charge in [-0.25, -0.2) is 0 Å². The number of fused-ring (bicyclic) bond motifs is 1. The first-order chi connectivity index (χ1) is 11.3. The Labute approximate surface area is 142 Å². The first kappa shape index (κ1) is 16.2. The van der Waals surface area contributed by atoms with Gasteiger partial charge in [0, 0.05) is 0 Å². The van der Waals surface area contributed by atoms with Gasteiger partial charge in [-0.3, -0.25) is 0 Å². The van der Waals surface area contributed by atoms with E-state index in [-0.39, 0.29) is 5.75 Å². The van der Waals surface area contributed by atoms with E-state index in [1.165, 1.54) is 11.1 Å². The zero-order valence-corrected chi connectivity index (χ0v) is 14.8. The minimum absolute atomic E-state index is 0.246. The monoisotopic (exact) mass is 318 g/mol. The molecule has 0 fully saturated rings. The molecule has 1 N–H and O–H groups in total. The highest BCUT2D eigenvalue weighted by atomic mass is 16.3. The van der Waals surface area contributed by atoms with E-state index in [2.05, 4.69) is 48.3 Å². The van der Waals surface area contributed by atoms with Crippen LogP contribution in [-0.2, 0) is 0 Å². The lowest BCUT2D eigenvalue weighted by Gasteiger charge is -2.08. The molecule has 24 heavy (non-hydrogen) atoms. The Morgan fingerprint density at radius 1 is 0.625 bits per heavy atom. The van der Waals surface area contributed by atoms with Crippen molar-refractivity contribution in [2.75, 3.05) is 0 Å². The predicted octanol–water partition coefficient (Wildman–Crippen LogP) is 6.50. The zero-order chi connectivity index (χ0) is 17.4. The van der Waals surface area contributed by atoms with Crippen molar-refractivity contribution in [1.82, 2.24) is 0 Å². The molecule has 0 spiro atoms. The number of nitrogens with zero attached hydrogens (tertiary/aromatic N) is 2. The molecule has 122 valence electrons. The number of hydrogen-bond donors (Lipinski definition) is 1. The van der Waals surface area contributed by atoms with Crippen LogP contribution in [0.25, 0.3) is 10.8 Å². The van der Waals surface area contributed by atoms with Crippen LogP contribution in [0, 0.1) is 34.6 Å². The van der Waals surface area contributed by atoms with Gasteiger partial charge < -0.3 is 5.11 Å². The Morgan fingerprint density at radius 2 is 1.21 bits per heavy atom. The average Bonchev–Trinajstić information content (AvgIpc) is 2.48. The first-order valence-corrected chi connectivity index (χ1v) is 8.08. The van der Waals surface area contributed by atoms with Gasteiger partial charge in [0.05, 0.1) is 16.8 Å². The van der Waals surface area contributed by atoms with Crippen molar-refractivity contribution in [2.24, 2.45) is 10.2 Å². The van der Waals surface area contributed by atoms with Crippen LogP contribution in [0.3, 0.4) is 0 Å². The molecule has 0 atom stereocenters. The van der Waals surface area contributed by atoms with Gasteiger partial charge in [-0.1, -0.05) is 18.2 Å². The molecule has 0 aromatic heterocycles. The van der Waals surface area contributed by atoms with Crippen LogP contribution in [-0.4, -0.2) is 5.11 Å². The molecule has 0 heterocycles. The average molecular weight is 318 g/mol. The number of phenols is 1. The first-order valence-electron chi connectivity index (χ1n) is 8.08. The Hall–Kier alpha value is -2.68. The van der Waals surface area contributed by atoms with E-state index in [1.807, 2.05) is 26.8 Å². The molecule has 0 radical (unpaired) electrons. The molecule has 0 saturated carbocycles. The van der Waals surface area contributed by atoms with Gasteiger partial charge in [-0.2, -0.15) is 5.11 Å². The lowest BCUT2D eigenvalue weighted by Crippen LogP contribution is -1.84. The fourth-order valence-corrected chi connectivity index (χ4v) is 3.00.